The molecule has 0 saturated carbocycles. The molecule has 0 aliphatic carbocycles. The van der Waals surface area contributed by atoms with E-state index < -0.39 is 0 Å². The maximum absolute atomic E-state index is 11.9. The average Bonchev–Trinajstić information content (AvgIpc) is 2.32. The second-order valence-electron chi connectivity index (χ2n) is 4.89. The van der Waals surface area contributed by atoms with Crippen LogP contribution in [0.1, 0.15) is 20.8 Å². The van der Waals surface area contributed by atoms with Crippen molar-refractivity contribution in [2.24, 2.45) is 0 Å². The van der Waals surface area contributed by atoms with Crippen LogP contribution in [0, 0.1) is 0 Å². The molecule has 1 aliphatic rings. The van der Waals surface area contributed by atoms with Crippen LogP contribution in [-0.4, -0.2) is 54.6 Å². The lowest BCUT2D eigenvalue weighted by Crippen LogP contribution is -2.43. The van der Waals surface area contributed by atoms with Crippen molar-refractivity contribution in [1.82, 2.24) is 15.1 Å². The van der Waals surface area contributed by atoms with Crippen LogP contribution in [0.15, 0.2) is 0 Å². The molecule has 1 N–H and O–H groups in total. The Labute approximate surface area is 86.2 Å². The van der Waals surface area contributed by atoms with Gasteiger partial charge in [0.05, 0.1) is 6.04 Å². The Morgan fingerprint density at radius 1 is 1.50 bits per heavy atom. The van der Waals surface area contributed by atoms with Crippen molar-refractivity contribution < 1.29 is 4.79 Å². The summed E-state index contributed by atoms with van der Waals surface area (Å²) in [6.45, 7) is 7.88. The van der Waals surface area contributed by atoms with E-state index in [1.54, 1.807) is 0 Å². The van der Waals surface area contributed by atoms with Crippen LogP contribution in [-0.2, 0) is 0 Å². The number of urea groups is 1. The molecule has 1 unspecified atom stereocenters. The molecule has 4 heteroatoms. The van der Waals surface area contributed by atoms with E-state index in [2.05, 4.69) is 26.1 Å². The molecule has 4 nitrogen and oxygen atoms in total. The average molecular weight is 199 g/mol. The predicted molar refractivity (Wildman–Crippen MR) is 57.3 cm³/mol. The summed E-state index contributed by atoms with van der Waals surface area (Å²) >= 11 is 0. The van der Waals surface area contributed by atoms with Gasteiger partial charge in [-0.05, 0) is 27.8 Å². The molecule has 14 heavy (non-hydrogen) atoms. The van der Waals surface area contributed by atoms with Crippen molar-refractivity contribution in [2.75, 3.05) is 27.2 Å². The molecule has 82 valence electrons. The van der Waals surface area contributed by atoms with E-state index in [0.29, 0.717) is 6.04 Å². The first-order valence-electron chi connectivity index (χ1n) is 5.07. The van der Waals surface area contributed by atoms with E-state index in [-0.39, 0.29) is 11.6 Å². The first-order chi connectivity index (χ1) is 6.38. The molecule has 2 amide bonds. The molecular formula is C10H21N3O. The highest BCUT2D eigenvalue weighted by atomic mass is 16.2. The molecule has 0 spiro atoms. The van der Waals surface area contributed by atoms with Gasteiger partial charge in [-0.1, -0.05) is 0 Å². The fourth-order valence-corrected chi connectivity index (χ4v) is 1.76. The minimum atomic E-state index is -0.0756. The van der Waals surface area contributed by atoms with Gasteiger partial charge in [0.2, 0.25) is 0 Å². The number of amides is 2. The van der Waals surface area contributed by atoms with E-state index in [0.717, 1.165) is 13.1 Å². The molecular weight excluding hydrogens is 178 g/mol. The van der Waals surface area contributed by atoms with E-state index in [9.17, 15) is 4.79 Å². The third-order valence-corrected chi connectivity index (χ3v) is 2.72. The Bertz CT molecular complexity index is 222. The fourth-order valence-electron chi connectivity index (χ4n) is 1.76. The summed E-state index contributed by atoms with van der Waals surface area (Å²) < 4.78 is 0. The molecule has 1 heterocycles. The van der Waals surface area contributed by atoms with Gasteiger partial charge in [-0.3, -0.25) is 0 Å². The maximum Gasteiger partial charge on any atom is 0.320 e. The highest BCUT2D eigenvalue weighted by Crippen LogP contribution is 2.22. The van der Waals surface area contributed by atoms with Crippen molar-refractivity contribution in [1.29, 1.82) is 0 Å². The molecule has 1 aliphatic heterocycles. The number of nitrogens with one attached hydrogen (secondary N) is 1. The zero-order valence-corrected chi connectivity index (χ0v) is 9.79. The number of carbonyl (C=O) groups is 1. The van der Waals surface area contributed by atoms with Crippen LogP contribution in [0.2, 0.25) is 0 Å². The Kier molecular flexibility index (Phi) is 3.04. The Balaban J connectivity index is 2.72. The van der Waals surface area contributed by atoms with Crippen molar-refractivity contribution in [3.8, 4) is 0 Å². The molecule has 1 rings (SSSR count). The highest BCUT2D eigenvalue weighted by molar-refractivity contribution is 5.77. The molecule has 0 bridgehead atoms. The van der Waals surface area contributed by atoms with Crippen molar-refractivity contribution in [3.05, 3.63) is 0 Å². The SMILES string of the molecule is CNCC1CN(C(C)(C)C)C(=O)N1C. The summed E-state index contributed by atoms with van der Waals surface area (Å²) in [4.78, 5) is 15.6. The zero-order valence-electron chi connectivity index (χ0n) is 9.79. The van der Waals surface area contributed by atoms with E-state index >= 15 is 0 Å². The van der Waals surface area contributed by atoms with Crippen LogP contribution in [0.4, 0.5) is 4.79 Å². The van der Waals surface area contributed by atoms with Crippen molar-refractivity contribution >= 4 is 6.03 Å². The summed E-state index contributed by atoms with van der Waals surface area (Å²) in [5, 5.41) is 3.11. The number of rotatable bonds is 2. The number of hydrogen-bond donors (Lipinski definition) is 1. The van der Waals surface area contributed by atoms with Gasteiger partial charge < -0.3 is 15.1 Å². The molecule has 0 aromatic carbocycles. The third kappa shape index (κ3) is 2.00. The van der Waals surface area contributed by atoms with E-state index in [1.165, 1.54) is 0 Å². The minimum Gasteiger partial charge on any atom is -0.322 e. The Morgan fingerprint density at radius 2 is 2.07 bits per heavy atom. The first-order valence-corrected chi connectivity index (χ1v) is 5.07. The van der Waals surface area contributed by atoms with Crippen LogP contribution in [0.25, 0.3) is 0 Å². The van der Waals surface area contributed by atoms with Crippen LogP contribution < -0.4 is 5.32 Å². The lowest BCUT2D eigenvalue weighted by Gasteiger charge is -2.31. The van der Waals surface area contributed by atoms with Gasteiger partial charge in [0, 0.05) is 25.7 Å². The highest BCUT2D eigenvalue weighted by Gasteiger charge is 2.39. The lowest BCUT2D eigenvalue weighted by molar-refractivity contribution is 0.159. The number of nitrogens with zero attached hydrogens (tertiary/aromatic N) is 2. The quantitative estimate of drug-likeness (QED) is 0.712. The van der Waals surface area contributed by atoms with Gasteiger partial charge >= 0.3 is 6.03 Å². The number of carbonyl (C=O) groups excluding carboxylic acids is 1. The van der Waals surface area contributed by atoms with Gasteiger partial charge in [0.25, 0.3) is 0 Å². The van der Waals surface area contributed by atoms with Gasteiger partial charge in [0.15, 0.2) is 0 Å². The molecule has 1 atom stereocenters. The number of hydrogen-bond acceptors (Lipinski definition) is 2. The van der Waals surface area contributed by atoms with Crippen molar-refractivity contribution in [3.63, 3.8) is 0 Å². The predicted octanol–water partition coefficient (Wildman–Crippen LogP) is 0.740. The normalized spacial score (nSPS) is 23.5. The van der Waals surface area contributed by atoms with Gasteiger partial charge in [0.1, 0.15) is 0 Å². The van der Waals surface area contributed by atoms with Gasteiger partial charge in [-0.2, -0.15) is 0 Å². The molecule has 1 fully saturated rings. The van der Waals surface area contributed by atoms with Gasteiger partial charge in [-0.15, -0.1) is 0 Å². The summed E-state index contributed by atoms with van der Waals surface area (Å²) in [7, 11) is 3.79. The van der Waals surface area contributed by atoms with E-state index in [1.807, 2.05) is 23.9 Å². The van der Waals surface area contributed by atoms with Crippen LogP contribution in [0.5, 0.6) is 0 Å². The standard InChI is InChI=1S/C10H21N3O/c1-10(2,3)13-7-8(6-11-4)12(5)9(13)14/h8,11H,6-7H2,1-5H3. The topological polar surface area (TPSA) is 35.6 Å². The molecule has 0 aromatic rings. The molecule has 0 aromatic heterocycles. The monoisotopic (exact) mass is 199 g/mol. The van der Waals surface area contributed by atoms with Crippen molar-refractivity contribution in [2.45, 2.75) is 32.4 Å². The second kappa shape index (κ2) is 3.77. The summed E-state index contributed by atoms with van der Waals surface area (Å²) in [6, 6.07) is 0.435. The van der Waals surface area contributed by atoms with Gasteiger partial charge in [-0.25, -0.2) is 4.79 Å². The summed E-state index contributed by atoms with van der Waals surface area (Å²) in [6.07, 6.45) is 0. The lowest BCUT2D eigenvalue weighted by atomic mass is 10.1. The Hall–Kier alpha value is -0.770. The summed E-state index contributed by atoms with van der Waals surface area (Å²) in [5.74, 6) is 0. The maximum atomic E-state index is 11.9. The Morgan fingerprint density at radius 3 is 2.43 bits per heavy atom. The second-order valence-corrected chi connectivity index (χ2v) is 4.89. The number of likely N-dealkylation sites (N-methyl/N-ethyl adjacent to an activating group) is 2. The van der Waals surface area contributed by atoms with E-state index in [4.69, 9.17) is 0 Å². The first kappa shape index (κ1) is 11.3. The zero-order chi connectivity index (χ0) is 10.9. The van der Waals surface area contributed by atoms with Crippen LogP contribution in [0.3, 0.4) is 0 Å². The fraction of sp³-hybridized carbons (Fsp3) is 0.900. The van der Waals surface area contributed by atoms with Crippen LogP contribution >= 0.6 is 0 Å². The third-order valence-electron chi connectivity index (χ3n) is 2.72. The smallest absolute Gasteiger partial charge is 0.320 e. The minimum absolute atomic E-state index is 0.0756. The molecule has 1 saturated heterocycles. The summed E-state index contributed by atoms with van der Waals surface area (Å²) in [5.41, 5.74) is -0.0756. The molecule has 0 radical (unpaired) electrons. The largest absolute Gasteiger partial charge is 0.322 e.